The monoisotopic (exact) mass is 489 g/mol. The summed E-state index contributed by atoms with van der Waals surface area (Å²) in [6, 6.07) is 16.8. The number of ether oxygens (including phenoxy) is 1. The number of carbonyl (C=O) groups is 1. The van der Waals surface area contributed by atoms with Crippen LogP contribution in [0, 0.1) is 11.8 Å². The quantitative estimate of drug-likeness (QED) is 0.416. The lowest BCUT2D eigenvalue weighted by Crippen LogP contribution is -2.45. The highest BCUT2D eigenvalue weighted by atomic mass is 32.2. The molecule has 33 heavy (non-hydrogen) atoms. The van der Waals surface area contributed by atoms with Crippen LogP contribution in [0.2, 0.25) is 0 Å². The number of halogens is 1. The van der Waals surface area contributed by atoms with E-state index in [1.165, 1.54) is 0 Å². The van der Waals surface area contributed by atoms with Gasteiger partial charge in [0.1, 0.15) is 6.10 Å². The van der Waals surface area contributed by atoms with E-state index in [4.69, 9.17) is 4.74 Å². The molecule has 1 aromatic heterocycles. The predicted molar refractivity (Wildman–Crippen MR) is 128 cm³/mol. The summed E-state index contributed by atoms with van der Waals surface area (Å²) in [5, 5.41) is 0. The summed E-state index contributed by atoms with van der Waals surface area (Å²) in [4.78, 5) is 16.8. The third-order valence-corrected chi connectivity index (χ3v) is 9.84. The van der Waals surface area contributed by atoms with Gasteiger partial charge >= 0.3 is 11.5 Å². The van der Waals surface area contributed by atoms with Gasteiger partial charge in [-0.25, -0.2) is 22.6 Å². The van der Waals surface area contributed by atoms with Gasteiger partial charge in [-0.3, -0.25) is 0 Å². The molecule has 1 unspecified atom stereocenters. The third kappa shape index (κ3) is 4.68. The van der Waals surface area contributed by atoms with Gasteiger partial charge in [-0.1, -0.05) is 69.7 Å². The van der Waals surface area contributed by atoms with Crippen molar-refractivity contribution in [3.05, 3.63) is 60.2 Å². The lowest BCUT2D eigenvalue weighted by Gasteiger charge is -2.44. The number of esters is 1. The number of hydrogen-bond acceptors (Lipinski definition) is 6. The van der Waals surface area contributed by atoms with Gasteiger partial charge in [0.15, 0.2) is 0 Å². The first kappa shape index (κ1) is 23.8. The molecule has 176 valence electrons. The smallest absolute Gasteiger partial charge is 0.357 e. The van der Waals surface area contributed by atoms with E-state index in [0.29, 0.717) is 22.6 Å². The molecule has 4 atom stereocenters. The van der Waals surface area contributed by atoms with Crippen molar-refractivity contribution in [1.82, 2.24) is 4.98 Å². The lowest BCUT2D eigenvalue weighted by atomic mass is 9.64. The second-order valence-corrected chi connectivity index (χ2v) is 12.6. The molecule has 1 fully saturated rings. The summed E-state index contributed by atoms with van der Waals surface area (Å²) < 4.78 is 46.5. The fourth-order valence-corrected chi connectivity index (χ4v) is 7.15. The van der Waals surface area contributed by atoms with Crippen molar-refractivity contribution in [3.63, 3.8) is 0 Å². The molecular formula is C25H28FNO4S2. The average molecular weight is 490 g/mol. The van der Waals surface area contributed by atoms with Crippen LogP contribution < -0.4 is 0 Å². The summed E-state index contributed by atoms with van der Waals surface area (Å²) in [6.07, 6.45) is 1.78. The number of sulfone groups is 1. The minimum atomic E-state index is -4.60. The second kappa shape index (κ2) is 9.14. The minimum Gasteiger partial charge on any atom is -0.459 e. The van der Waals surface area contributed by atoms with Gasteiger partial charge < -0.3 is 4.74 Å². The van der Waals surface area contributed by atoms with Gasteiger partial charge in [-0.05, 0) is 41.9 Å². The van der Waals surface area contributed by atoms with E-state index in [1.807, 2.05) is 30.3 Å². The Morgan fingerprint density at radius 1 is 1.12 bits per heavy atom. The van der Waals surface area contributed by atoms with Crippen LogP contribution in [-0.4, -0.2) is 31.0 Å². The first-order chi connectivity index (χ1) is 15.6. The topological polar surface area (TPSA) is 73.3 Å². The SMILES string of the molecule is C[C@@H]1CC[C@@H](C(C)(C)c2ccccc2)[C@H](OC(=O)C(F)S(=O)(=O)c2nc3ccccc3s2)C1. The van der Waals surface area contributed by atoms with Crippen molar-refractivity contribution < 1.29 is 22.3 Å². The van der Waals surface area contributed by atoms with Crippen LogP contribution in [0.25, 0.3) is 10.2 Å². The molecule has 0 N–H and O–H groups in total. The first-order valence-corrected chi connectivity index (χ1v) is 13.5. The van der Waals surface area contributed by atoms with Crippen molar-refractivity contribution in [1.29, 1.82) is 0 Å². The van der Waals surface area contributed by atoms with E-state index in [9.17, 15) is 13.2 Å². The van der Waals surface area contributed by atoms with Gasteiger partial charge in [0, 0.05) is 5.92 Å². The molecule has 5 nitrogen and oxygen atoms in total. The molecule has 1 heterocycles. The van der Waals surface area contributed by atoms with Crippen LogP contribution in [0.5, 0.6) is 0 Å². The highest BCUT2D eigenvalue weighted by molar-refractivity contribution is 7.94. The molecule has 8 heteroatoms. The Balaban J connectivity index is 1.56. The molecule has 1 aliphatic carbocycles. The Morgan fingerprint density at radius 2 is 1.79 bits per heavy atom. The standard InChI is InChI=1S/C25H28FNO4S2/c1-16-13-14-18(25(2,3)17-9-5-4-6-10-17)20(15-16)31-23(28)22(26)33(29,30)24-27-19-11-7-8-12-21(19)32-24/h4-12,16,18,20,22H,13-15H2,1-3H3/t16-,18-,20-,22?/m1/s1. The predicted octanol–water partition coefficient (Wildman–Crippen LogP) is 5.69. The number of carbonyl (C=O) groups excluding carboxylic acids is 1. The Kier molecular flexibility index (Phi) is 6.60. The molecule has 3 aromatic rings. The molecule has 2 aromatic carbocycles. The maximum atomic E-state index is 15.1. The lowest BCUT2D eigenvalue weighted by molar-refractivity contribution is -0.159. The molecule has 4 rings (SSSR count). The zero-order valence-electron chi connectivity index (χ0n) is 18.9. The Bertz CT molecular complexity index is 1210. The Labute approximate surface area is 197 Å². The fourth-order valence-electron chi connectivity index (χ4n) is 4.76. The summed E-state index contributed by atoms with van der Waals surface area (Å²) in [7, 11) is -4.60. The van der Waals surface area contributed by atoms with Crippen LogP contribution in [-0.2, 0) is 24.8 Å². The molecule has 0 aliphatic heterocycles. The van der Waals surface area contributed by atoms with Gasteiger partial charge in [0.05, 0.1) is 10.2 Å². The van der Waals surface area contributed by atoms with Crippen molar-refractivity contribution in [2.24, 2.45) is 11.8 Å². The number of hydrogen-bond donors (Lipinski definition) is 0. The molecule has 0 spiro atoms. The van der Waals surface area contributed by atoms with E-state index in [0.717, 1.165) is 29.7 Å². The summed E-state index contributed by atoms with van der Waals surface area (Å²) in [5.74, 6) is -1.12. The number of benzene rings is 2. The van der Waals surface area contributed by atoms with E-state index in [-0.39, 0.29) is 11.3 Å². The van der Waals surface area contributed by atoms with Crippen molar-refractivity contribution in [2.75, 3.05) is 0 Å². The number of para-hydroxylation sites is 1. The van der Waals surface area contributed by atoms with Gasteiger partial charge in [-0.15, -0.1) is 11.3 Å². The second-order valence-electron chi connectivity index (χ2n) is 9.40. The molecule has 1 saturated carbocycles. The zero-order valence-corrected chi connectivity index (χ0v) is 20.5. The number of fused-ring (bicyclic) bond motifs is 1. The van der Waals surface area contributed by atoms with Crippen molar-refractivity contribution in [3.8, 4) is 0 Å². The van der Waals surface area contributed by atoms with Gasteiger partial charge in [-0.2, -0.15) is 0 Å². The first-order valence-electron chi connectivity index (χ1n) is 11.1. The zero-order chi connectivity index (χ0) is 23.8. The maximum Gasteiger partial charge on any atom is 0.357 e. The van der Waals surface area contributed by atoms with E-state index in [2.05, 4.69) is 25.8 Å². The van der Waals surface area contributed by atoms with Crippen LogP contribution >= 0.6 is 11.3 Å². The Morgan fingerprint density at radius 3 is 2.48 bits per heavy atom. The van der Waals surface area contributed by atoms with Gasteiger partial charge in [0.25, 0.3) is 0 Å². The van der Waals surface area contributed by atoms with Crippen LogP contribution in [0.3, 0.4) is 0 Å². The van der Waals surface area contributed by atoms with Crippen LogP contribution in [0.1, 0.15) is 45.6 Å². The van der Waals surface area contributed by atoms with E-state index >= 15 is 4.39 Å². The molecule has 0 bridgehead atoms. The number of nitrogens with zero attached hydrogens (tertiary/aromatic N) is 1. The van der Waals surface area contributed by atoms with E-state index < -0.39 is 31.8 Å². The number of thiazole rings is 1. The normalized spacial score (nSPS) is 22.7. The molecule has 0 radical (unpaired) electrons. The highest BCUT2D eigenvalue weighted by Crippen LogP contribution is 2.44. The number of rotatable bonds is 6. The summed E-state index contributed by atoms with van der Waals surface area (Å²) in [5.41, 5.74) is -1.59. The molecule has 0 saturated heterocycles. The minimum absolute atomic E-state index is 0.0580. The number of aromatic nitrogens is 1. The van der Waals surface area contributed by atoms with Crippen molar-refractivity contribution in [2.45, 2.75) is 61.4 Å². The molecule has 0 amide bonds. The Hall–Kier alpha value is -2.32. The van der Waals surface area contributed by atoms with Crippen molar-refractivity contribution >= 4 is 37.4 Å². The largest absolute Gasteiger partial charge is 0.459 e. The van der Waals surface area contributed by atoms with Gasteiger partial charge in [0.2, 0.25) is 14.2 Å². The molecular weight excluding hydrogens is 461 g/mol. The fraction of sp³-hybridized carbons (Fsp3) is 0.440. The summed E-state index contributed by atoms with van der Waals surface area (Å²) in [6.45, 7) is 6.25. The third-order valence-electron chi connectivity index (χ3n) is 6.74. The van der Waals surface area contributed by atoms with Crippen LogP contribution in [0.15, 0.2) is 58.9 Å². The maximum absolute atomic E-state index is 15.1. The average Bonchev–Trinajstić information content (AvgIpc) is 3.24. The highest BCUT2D eigenvalue weighted by Gasteiger charge is 2.45. The molecule has 1 aliphatic rings. The van der Waals surface area contributed by atoms with E-state index in [1.54, 1.807) is 24.3 Å². The van der Waals surface area contributed by atoms with Crippen LogP contribution in [0.4, 0.5) is 4.39 Å². The summed E-state index contributed by atoms with van der Waals surface area (Å²) >= 11 is 0.852. The number of alkyl halides is 1.